The molecular weight excluding hydrogens is 484 g/mol. The van der Waals surface area contributed by atoms with Crippen LogP contribution in [0.4, 0.5) is 17.5 Å². The Bertz CT molecular complexity index is 1460. The van der Waals surface area contributed by atoms with Gasteiger partial charge in [-0.05, 0) is 25.3 Å². The molecule has 4 aromatic rings. The number of nitrogens with zero attached hydrogens (tertiary/aromatic N) is 5. The smallest absolute Gasteiger partial charge is 0.317 e. The first-order valence-corrected chi connectivity index (χ1v) is 12.7. The second-order valence-electron chi connectivity index (χ2n) is 9.21. The molecule has 0 bridgehead atoms. The third kappa shape index (κ3) is 4.75. The van der Waals surface area contributed by atoms with Gasteiger partial charge < -0.3 is 25.1 Å². The Morgan fingerprint density at radius 3 is 2.68 bits per heavy atom. The second kappa shape index (κ2) is 10.5. The standard InChI is InChI=1S/C27H28N8O3/c1-37-15-14-28-23-20(16-35(34-23)18-10-7-11-18)26-32-33-27(38-26)31-24-25(36)29-21-13-6-5-12-19(21)22(30-24)17-8-3-2-4-9-17/h2-6,8-9,12-13,16,18,24H,7,10-11,14-15H2,1H3,(H,28,34)(H,29,36)(H,31,33)/t24-/m1/s1. The topological polar surface area (TPSA) is 131 Å². The molecule has 2 aliphatic rings. The van der Waals surface area contributed by atoms with Crippen LogP contribution in [0.3, 0.4) is 0 Å². The van der Waals surface area contributed by atoms with Gasteiger partial charge >= 0.3 is 6.01 Å². The number of fused-ring (bicyclic) bond motifs is 1. The molecule has 1 saturated carbocycles. The maximum Gasteiger partial charge on any atom is 0.317 e. The summed E-state index contributed by atoms with van der Waals surface area (Å²) < 4.78 is 13.1. The Morgan fingerprint density at radius 2 is 1.89 bits per heavy atom. The Morgan fingerprint density at radius 1 is 1.08 bits per heavy atom. The number of methoxy groups -OCH3 is 1. The fourth-order valence-electron chi connectivity index (χ4n) is 4.48. The van der Waals surface area contributed by atoms with Gasteiger partial charge in [0.05, 0.1) is 24.0 Å². The Balaban J connectivity index is 1.29. The first-order chi connectivity index (χ1) is 18.7. The molecule has 6 rings (SSSR count). The van der Waals surface area contributed by atoms with E-state index in [0.717, 1.165) is 24.0 Å². The van der Waals surface area contributed by atoms with Crippen molar-refractivity contribution in [2.45, 2.75) is 31.5 Å². The van der Waals surface area contributed by atoms with Crippen LogP contribution in [-0.2, 0) is 9.53 Å². The zero-order valence-electron chi connectivity index (χ0n) is 20.9. The van der Waals surface area contributed by atoms with Crippen LogP contribution in [0.25, 0.3) is 11.5 Å². The number of benzodiazepines with no additional fused rings is 1. The van der Waals surface area contributed by atoms with Crippen LogP contribution < -0.4 is 16.0 Å². The van der Waals surface area contributed by atoms with E-state index in [-0.39, 0.29) is 11.9 Å². The van der Waals surface area contributed by atoms with Crippen molar-refractivity contribution in [3.63, 3.8) is 0 Å². The monoisotopic (exact) mass is 512 g/mol. The number of benzene rings is 2. The van der Waals surface area contributed by atoms with Crippen molar-refractivity contribution in [3.05, 3.63) is 71.9 Å². The number of hydrogen-bond acceptors (Lipinski definition) is 9. The van der Waals surface area contributed by atoms with Crippen molar-refractivity contribution in [3.8, 4) is 11.5 Å². The molecule has 11 nitrogen and oxygen atoms in total. The highest BCUT2D eigenvalue weighted by Gasteiger charge is 2.28. The molecule has 2 aromatic heterocycles. The minimum Gasteiger partial charge on any atom is -0.403 e. The summed E-state index contributed by atoms with van der Waals surface area (Å²) in [5.41, 5.74) is 3.79. The number of aromatic nitrogens is 4. The fraction of sp³-hybridized carbons (Fsp3) is 0.296. The first kappa shape index (κ1) is 23.9. The summed E-state index contributed by atoms with van der Waals surface area (Å²) in [7, 11) is 1.65. The summed E-state index contributed by atoms with van der Waals surface area (Å²) in [5, 5.41) is 22.4. The second-order valence-corrected chi connectivity index (χ2v) is 9.21. The van der Waals surface area contributed by atoms with Crippen molar-refractivity contribution in [1.82, 2.24) is 20.0 Å². The van der Waals surface area contributed by atoms with Crippen molar-refractivity contribution in [2.75, 3.05) is 36.2 Å². The lowest BCUT2D eigenvalue weighted by molar-refractivity contribution is -0.116. The molecule has 1 fully saturated rings. The van der Waals surface area contributed by atoms with Crippen molar-refractivity contribution in [2.24, 2.45) is 4.99 Å². The van der Waals surface area contributed by atoms with Gasteiger partial charge in [0.15, 0.2) is 5.82 Å². The van der Waals surface area contributed by atoms with E-state index in [9.17, 15) is 4.79 Å². The predicted octanol–water partition coefficient (Wildman–Crippen LogP) is 3.94. The van der Waals surface area contributed by atoms with Gasteiger partial charge in [-0.25, -0.2) is 4.99 Å². The number of rotatable bonds is 9. The number of para-hydroxylation sites is 1. The van der Waals surface area contributed by atoms with E-state index in [4.69, 9.17) is 19.2 Å². The number of anilines is 3. The van der Waals surface area contributed by atoms with E-state index in [1.807, 2.05) is 65.5 Å². The number of amides is 1. The highest BCUT2D eigenvalue weighted by Crippen LogP contribution is 2.35. The lowest BCUT2D eigenvalue weighted by atomic mass is 9.93. The van der Waals surface area contributed by atoms with Gasteiger partial charge in [0, 0.05) is 31.0 Å². The normalized spacial score (nSPS) is 17.1. The molecule has 1 atom stereocenters. The summed E-state index contributed by atoms with van der Waals surface area (Å²) in [6.07, 6.45) is 4.33. The highest BCUT2D eigenvalue weighted by atomic mass is 16.5. The number of nitrogens with one attached hydrogen (secondary N) is 3. The van der Waals surface area contributed by atoms with E-state index in [1.54, 1.807) is 7.11 Å². The van der Waals surface area contributed by atoms with Crippen molar-refractivity contribution < 1.29 is 13.9 Å². The SMILES string of the molecule is COCCNc1nn(C2CCC2)cc1-c1nnc(N[C@H]2N=C(c3ccccc3)c3ccccc3NC2=O)o1. The molecule has 1 aliphatic carbocycles. The van der Waals surface area contributed by atoms with E-state index in [2.05, 4.69) is 26.1 Å². The van der Waals surface area contributed by atoms with E-state index in [0.29, 0.717) is 47.9 Å². The molecule has 3 N–H and O–H groups in total. The molecule has 194 valence electrons. The quantitative estimate of drug-likeness (QED) is 0.287. The van der Waals surface area contributed by atoms with Crippen LogP contribution in [0.5, 0.6) is 0 Å². The minimum absolute atomic E-state index is 0.0847. The summed E-state index contributed by atoms with van der Waals surface area (Å²) in [5.74, 6) is 0.613. The van der Waals surface area contributed by atoms with Gasteiger partial charge in [0.2, 0.25) is 6.17 Å². The fourth-order valence-corrected chi connectivity index (χ4v) is 4.48. The summed E-state index contributed by atoms with van der Waals surface area (Å²) in [6, 6.07) is 17.8. The molecule has 0 unspecified atom stereocenters. The molecule has 0 spiro atoms. The molecule has 0 radical (unpaired) electrons. The average molecular weight is 513 g/mol. The third-order valence-electron chi connectivity index (χ3n) is 6.69. The summed E-state index contributed by atoms with van der Waals surface area (Å²) in [4.78, 5) is 17.9. The predicted molar refractivity (Wildman–Crippen MR) is 143 cm³/mol. The summed E-state index contributed by atoms with van der Waals surface area (Å²) >= 11 is 0. The van der Waals surface area contributed by atoms with E-state index >= 15 is 0 Å². The molecular formula is C27H28N8O3. The molecule has 3 heterocycles. The average Bonchev–Trinajstić information content (AvgIpc) is 3.50. The van der Waals surface area contributed by atoms with Gasteiger partial charge in [0.1, 0.15) is 5.56 Å². The number of carbonyl (C=O) groups is 1. The Kier molecular flexibility index (Phi) is 6.57. The zero-order chi connectivity index (χ0) is 25.9. The van der Waals surface area contributed by atoms with E-state index < -0.39 is 6.17 Å². The van der Waals surface area contributed by atoms with Crippen LogP contribution in [0.2, 0.25) is 0 Å². The first-order valence-electron chi connectivity index (χ1n) is 12.7. The van der Waals surface area contributed by atoms with Crippen LogP contribution in [0.15, 0.2) is 70.2 Å². The number of carbonyl (C=O) groups excluding carboxylic acids is 1. The van der Waals surface area contributed by atoms with Crippen LogP contribution >= 0.6 is 0 Å². The van der Waals surface area contributed by atoms with Gasteiger partial charge in [-0.1, -0.05) is 53.6 Å². The lowest BCUT2D eigenvalue weighted by Gasteiger charge is -2.25. The van der Waals surface area contributed by atoms with Crippen LogP contribution in [0, 0.1) is 0 Å². The van der Waals surface area contributed by atoms with Gasteiger partial charge in [-0.3, -0.25) is 9.48 Å². The molecule has 38 heavy (non-hydrogen) atoms. The van der Waals surface area contributed by atoms with Gasteiger partial charge in [-0.15, -0.1) is 5.10 Å². The van der Waals surface area contributed by atoms with Crippen LogP contribution in [0.1, 0.15) is 36.4 Å². The van der Waals surface area contributed by atoms with E-state index in [1.165, 1.54) is 6.42 Å². The molecule has 1 amide bonds. The summed E-state index contributed by atoms with van der Waals surface area (Å²) in [6.45, 7) is 1.12. The Labute approximate surface area is 219 Å². The number of ether oxygens (including phenoxy) is 1. The van der Waals surface area contributed by atoms with Crippen molar-refractivity contribution >= 4 is 29.1 Å². The number of aliphatic imine (C=N–C) groups is 1. The lowest BCUT2D eigenvalue weighted by Crippen LogP contribution is -2.32. The third-order valence-corrected chi connectivity index (χ3v) is 6.69. The largest absolute Gasteiger partial charge is 0.403 e. The maximum absolute atomic E-state index is 13.1. The highest BCUT2D eigenvalue weighted by molar-refractivity contribution is 6.19. The zero-order valence-corrected chi connectivity index (χ0v) is 20.9. The minimum atomic E-state index is -0.983. The maximum atomic E-state index is 13.1. The van der Waals surface area contributed by atoms with Gasteiger partial charge in [0.25, 0.3) is 11.8 Å². The van der Waals surface area contributed by atoms with Gasteiger partial charge in [-0.2, -0.15) is 5.10 Å². The van der Waals surface area contributed by atoms with Crippen molar-refractivity contribution in [1.29, 1.82) is 0 Å². The molecule has 1 aliphatic heterocycles. The number of hydrogen-bond donors (Lipinski definition) is 3. The Hall–Kier alpha value is -4.51. The molecule has 2 aromatic carbocycles. The molecule has 11 heteroatoms. The molecule has 0 saturated heterocycles. The van der Waals surface area contributed by atoms with Crippen LogP contribution in [-0.4, -0.2) is 58.0 Å².